The van der Waals surface area contributed by atoms with Gasteiger partial charge in [-0.25, -0.2) is 0 Å². The summed E-state index contributed by atoms with van der Waals surface area (Å²) in [7, 11) is 0. The molecule has 2 aliphatic rings. The van der Waals surface area contributed by atoms with E-state index in [2.05, 4.69) is 15.5 Å². The topological polar surface area (TPSA) is 79.9 Å². The van der Waals surface area contributed by atoms with Gasteiger partial charge in [-0.3, -0.25) is 14.5 Å². The van der Waals surface area contributed by atoms with E-state index in [9.17, 15) is 9.59 Å². The van der Waals surface area contributed by atoms with E-state index >= 15 is 0 Å². The Hall–Kier alpha value is -2.12. The molecule has 1 unspecified atom stereocenters. The summed E-state index contributed by atoms with van der Waals surface area (Å²) in [5.74, 6) is 0.201. The Balaban J connectivity index is 1.55. The quantitative estimate of drug-likeness (QED) is 0.843. The first-order valence-electron chi connectivity index (χ1n) is 7.83. The highest BCUT2D eigenvalue weighted by atomic mass is 16.5. The van der Waals surface area contributed by atoms with E-state index < -0.39 is 6.10 Å². The first kappa shape index (κ1) is 15.8. The third kappa shape index (κ3) is 3.80. The largest absolute Gasteiger partial charge is 0.479 e. The lowest BCUT2D eigenvalue weighted by molar-refractivity contribution is -0.122. The highest BCUT2D eigenvalue weighted by molar-refractivity contribution is 6.00. The lowest BCUT2D eigenvalue weighted by Gasteiger charge is -2.26. The van der Waals surface area contributed by atoms with E-state index in [4.69, 9.17) is 9.47 Å². The molecule has 7 heteroatoms. The molecular weight excluding hydrogens is 298 g/mol. The van der Waals surface area contributed by atoms with Crippen molar-refractivity contribution in [2.75, 3.05) is 44.7 Å². The molecule has 124 valence electrons. The van der Waals surface area contributed by atoms with Crippen LogP contribution in [0.5, 0.6) is 5.75 Å². The maximum atomic E-state index is 12.2. The molecule has 2 amide bonds. The predicted octanol–water partition coefficient (Wildman–Crippen LogP) is 0.468. The molecular formula is C16H21N3O4. The SMILES string of the molecule is CC1Oc2cc(C(=O)NCCN3CCOCC3)ccc2NC1=O. The highest BCUT2D eigenvalue weighted by Crippen LogP contribution is 2.30. The number of anilines is 1. The van der Waals surface area contributed by atoms with Crippen molar-refractivity contribution in [3.8, 4) is 5.75 Å². The van der Waals surface area contributed by atoms with Gasteiger partial charge in [0.05, 0.1) is 18.9 Å². The third-order valence-corrected chi connectivity index (χ3v) is 3.99. The van der Waals surface area contributed by atoms with Gasteiger partial charge in [-0.1, -0.05) is 0 Å². The van der Waals surface area contributed by atoms with E-state index in [1.165, 1.54) is 0 Å². The Morgan fingerprint density at radius 3 is 2.96 bits per heavy atom. The highest BCUT2D eigenvalue weighted by Gasteiger charge is 2.24. The lowest BCUT2D eigenvalue weighted by atomic mass is 10.1. The molecule has 0 saturated carbocycles. The summed E-state index contributed by atoms with van der Waals surface area (Å²) in [4.78, 5) is 26.0. The van der Waals surface area contributed by atoms with Crippen LogP contribution in [0.1, 0.15) is 17.3 Å². The van der Waals surface area contributed by atoms with Crippen molar-refractivity contribution in [1.82, 2.24) is 10.2 Å². The van der Waals surface area contributed by atoms with Crippen LogP contribution in [0.2, 0.25) is 0 Å². The number of morpholine rings is 1. The van der Waals surface area contributed by atoms with Crippen LogP contribution in [0.4, 0.5) is 5.69 Å². The Kier molecular flexibility index (Phi) is 4.78. The second-order valence-electron chi connectivity index (χ2n) is 5.67. The monoisotopic (exact) mass is 319 g/mol. The predicted molar refractivity (Wildman–Crippen MR) is 84.8 cm³/mol. The van der Waals surface area contributed by atoms with Gasteiger partial charge in [0.2, 0.25) is 0 Å². The van der Waals surface area contributed by atoms with Crippen LogP contribution in [0.15, 0.2) is 18.2 Å². The number of hydrogen-bond donors (Lipinski definition) is 2. The maximum absolute atomic E-state index is 12.2. The van der Waals surface area contributed by atoms with Gasteiger partial charge in [-0.15, -0.1) is 0 Å². The summed E-state index contributed by atoms with van der Waals surface area (Å²) < 4.78 is 10.8. The van der Waals surface area contributed by atoms with E-state index in [0.29, 0.717) is 23.5 Å². The van der Waals surface area contributed by atoms with Crippen LogP contribution in [-0.2, 0) is 9.53 Å². The Labute approximate surface area is 134 Å². The van der Waals surface area contributed by atoms with Crippen LogP contribution in [0.25, 0.3) is 0 Å². The van der Waals surface area contributed by atoms with Crippen molar-refractivity contribution < 1.29 is 19.1 Å². The summed E-state index contributed by atoms with van der Waals surface area (Å²) in [6.07, 6.45) is -0.554. The average molecular weight is 319 g/mol. The number of carbonyl (C=O) groups excluding carboxylic acids is 2. The zero-order valence-corrected chi connectivity index (χ0v) is 13.1. The molecule has 2 aliphatic heterocycles. The Bertz CT molecular complexity index is 599. The number of nitrogens with zero attached hydrogens (tertiary/aromatic N) is 1. The summed E-state index contributed by atoms with van der Waals surface area (Å²) in [6.45, 7) is 6.38. The first-order chi connectivity index (χ1) is 11.1. The number of ether oxygens (including phenoxy) is 2. The van der Waals surface area contributed by atoms with Gasteiger partial charge < -0.3 is 20.1 Å². The molecule has 2 N–H and O–H groups in total. The van der Waals surface area contributed by atoms with Gasteiger partial charge in [0.1, 0.15) is 5.75 Å². The van der Waals surface area contributed by atoms with Crippen molar-refractivity contribution >= 4 is 17.5 Å². The third-order valence-electron chi connectivity index (χ3n) is 3.99. The molecule has 2 heterocycles. The smallest absolute Gasteiger partial charge is 0.265 e. The van der Waals surface area contributed by atoms with E-state index in [-0.39, 0.29) is 11.8 Å². The van der Waals surface area contributed by atoms with Crippen LogP contribution in [-0.4, -0.2) is 62.2 Å². The van der Waals surface area contributed by atoms with Gasteiger partial charge >= 0.3 is 0 Å². The van der Waals surface area contributed by atoms with Crippen molar-refractivity contribution in [3.05, 3.63) is 23.8 Å². The second kappa shape index (κ2) is 6.97. The van der Waals surface area contributed by atoms with Gasteiger partial charge in [-0.05, 0) is 25.1 Å². The van der Waals surface area contributed by atoms with Crippen molar-refractivity contribution in [2.24, 2.45) is 0 Å². The summed E-state index contributed by atoms with van der Waals surface area (Å²) in [5, 5.41) is 5.66. The number of nitrogens with one attached hydrogen (secondary N) is 2. The molecule has 0 radical (unpaired) electrons. The first-order valence-corrected chi connectivity index (χ1v) is 7.83. The number of hydrogen-bond acceptors (Lipinski definition) is 5. The minimum absolute atomic E-state index is 0.144. The Morgan fingerprint density at radius 1 is 1.39 bits per heavy atom. The summed E-state index contributed by atoms with van der Waals surface area (Å²) in [5.41, 5.74) is 1.12. The molecule has 0 aliphatic carbocycles. The standard InChI is InChI=1S/C16H21N3O4/c1-11-15(20)18-13-3-2-12(10-14(13)23-11)16(21)17-4-5-19-6-8-22-9-7-19/h2-3,10-11H,4-9H2,1H3,(H,17,21)(H,18,20). The number of amides is 2. The van der Waals surface area contributed by atoms with E-state index in [1.807, 2.05) is 0 Å². The molecule has 3 rings (SSSR count). The zero-order valence-electron chi connectivity index (χ0n) is 13.1. The van der Waals surface area contributed by atoms with Crippen LogP contribution < -0.4 is 15.4 Å². The van der Waals surface area contributed by atoms with E-state index in [0.717, 1.165) is 32.8 Å². The lowest BCUT2D eigenvalue weighted by Crippen LogP contribution is -2.41. The fraction of sp³-hybridized carbons (Fsp3) is 0.500. The van der Waals surface area contributed by atoms with Crippen LogP contribution in [0.3, 0.4) is 0 Å². The average Bonchev–Trinajstić information content (AvgIpc) is 2.56. The van der Waals surface area contributed by atoms with Gasteiger partial charge in [0.25, 0.3) is 11.8 Å². The van der Waals surface area contributed by atoms with Crippen molar-refractivity contribution in [2.45, 2.75) is 13.0 Å². The summed E-state index contributed by atoms with van der Waals surface area (Å²) in [6, 6.07) is 5.04. The fourth-order valence-electron chi connectivity index (χ4n) is 2.60. The van der Waals surface area contributed by atoms with E-state index in [1.54, 1.807) is 25.1 Å². The summed E-state index contributed by atoms with van der Waals surface area (Å²) >= 11 is 0. The molecule has 1 aromatic rings. The van der Waals surface area contributed by atoms with Crippen molar-refractivity contribution in [1.29, 1.82) is 0 Å². The van der Waals surface area contributed by atoms with Crippen LogP contribution >= 0.6 is 0 Å². The van der Waals surface area contributed by atoms with Gasteiger partial charge in [0, 0.05) is 31.7 Å². The minimum Gasteiger partial charge on any atom is -0.479 e. The zero-order chi connectivity index (χ0) is 16.2. The van der Waals surface area contributed by atoms with Gasteiger partial charge in [-0.2, -0.15) is 0 Å². The number of benzene rings is 1. The molecule has 1 aromatic carbocycles. The normalized spacial score (nSPS) is 21.1. The molecule has 1 atom stereocenters. The molecule has 23 heavy (non-hydrogen) atoms. The minimum atomic E-state index is -0.554. The number of fused-ring (bicyclic) bond motifs is 1. The molecule has 0 bridgehead atoms. The van der Waals surface area contributed by atoms with Crippen LogP contribution in [0, 0.1) is 0 Å². The molecule has 7 nitrogen and oxygen atoms in total. The van der Waals surface area contributed by atoms with Crippen molar-refractivity contribution in [3.63, 3.8) is 0 Å². The fourth-order valence-corrected chi connectivity index (χ4v) is 2.60. The molecule has 0 spiro atoms. The number of rotatable bonds is 4. The Morgan fingerprint density at radius 2 is 2.17 bits per heavy atom. The second-order valence-corrected chi connectivity index (χ2v) is 5.67. The maximum Gasteiger partial charge on any atom is 0.265 e. The molecule has 0 aromatic heterocycles. The molecule has 1 fully saturated rings. The molecule has 1 saturated heterocycles. The van der Waals surface area contributed by atoms with Gasteiger partial charge in [0.15, 0.2) is 6.10 Å². The number of carbonyl (C=O) groups is 2.